The van der Waals surface area contributed by atoms with Gasteiger partial charge >= 0.3 is 5.97 Å². The minimum atomic E-state index is -3.29. The van der Waals surface area contributed by atoms with Gasteiger partial charge in [0, 0.05) is 20.3 Å². The van der Waals surface area contributed by atoms with Crippen molar-refractivity contribution in [2.75, 3.05) is 20.6 Å². The number of carbonyl (C=O) groups is 1. The second-order valence-corrected chi connectivity index (χ2v) is 5.13. The molecule has 0 unspecified atom stereocenters. The molecule has 2 aromatic rings. The number of carboxylic acid groups (broad SMARTS) is 1. The van der Waals surface area contributed by atoms with E-state index in [-0.39, 0.29) is 0 Å². The normalized spacial score (nSPS) is 26.8. The van der Waals surface area contributed by atoms with Crippen LogP contribution in [-0.2, 0) is 17.7 Å². The Morgan fingerprint density at radius 2 is 2.24 bits per heavy atom. The molecule has 1 aliphatic rings. The molecule has 130 valence electrons. The number of fused-ring (bicyclic) bond motifs is 2. The van der Waals surface area contributed by atoms with Crippen molar-refractivity contribution in [3.05, 3.63) is 70.7 Å². The molecule has 0 aromatic heterocycles. The van der Waals surface area contributed by atoms with E-state index in [4.69, 9.17) is 23.9 Å². The predicted octanol–water partition coefficient (Wildman–Crippen LogP) is 3.59. The van der Waals surface area contributed by atoms with Gasteiger partial charge < -0.3 is 14.7 Å². The van der Waals surface area contributed by atoms with Crippen LogP contribution in [0.5, 0.6) is 5.75 Å². The van der Waals surface area contributed by atoms with Gasteiger partial charge in [-0.05, 0) is 54.8 Å². The fourth-order valence-corrected chi connectivity index (χ4v) is 2.07. The summed E-state index contributed by atoms with van der Waals surface area (Å²) < 4.78 is 122. The number of rotatable bonds is 5. The average molecular weight is 352 g/mol. The Labute approximate surface area is 168 Å². The summed E-state index contributed by atoms with van der Waals surface area (Å²) in [5.74, 6) is -2.62. The summed E-state index contributed by atoms with van der Waals surface area (Å²) >= 11 is 0. The Morgan fingerprint density at radius 3 is 3.00 bits per heavy atom. The van der Waals surface area contributed by atoms with E-state index in [0.29, 0.717) is 0 Å². The highest BCUT2D eigenvalue weighted by atomic mass is 16.5. The second kappa shape index (κ2) is 7.53. The average Bonchev–Trinajstić information content (AvgIpc) is 2.91. The molecule has 0 atom stereocenters. The second-order valence-electron chi connectivity index (χ2n) is 5.13. The Balaban J connectivity index is 2.73. The largest absolute Gasteiger partial charge is 0.488 e. The van der Waals surface area contributed by atoms with E-state index in [0.717, 1.165) is 17.0 Å². The monoisotopic (exact) mass is 351 g/mol. The van der Waals surface area contributed by atoms with Crippen molar-refractivity contribution in [3.63, 3.8) is 0 Å². The summed E-state index contributed by atoms with van der Waals surface area (Å²) in [5.41, 5.74) is -4.10. The smallest absolute Gasteiger partial charge is 0.307 e. The summed E-state index contributed by atoms with van der Waals surface area (Å²) in [7, 11) is 2.35. The molecule has 0 amide bonds. The molecule has 0 saturated carbocycles. The Hall–Kier alpha value is -2.59. The molecule has 0 spiro atoms. The van der Waals surface area contributed by atoms with Crippen LogP contribution in [0.4, 0.5) is 0 Å². The van der Waals surface area contributed by atoms with E-state index < -0.39 is 102 Å². The summed E-state index contributed by atoms with van der Waals surface area (Å²) in [5, 5.41) is 9.42. The zero-order valence-electron chi connectivity index (χ0n) is 27.4. The number of benzene rings is 2. The van der Waals surface area contributed by atoms with Crippen molar-refractivity contribution in [1.82, 2.24) is 4.90 Å². The Morgan fingerprint density at radius 1 is 1.44 bits per heavy atom. The lowest BCUT2D eigenvalue weighted by molar-refractivity contribution is -0.136. The van der Waals surface area contributed by atoms with Gasteiger partial charge in [0.25, 0.3) is 0 Å². The van der Waals surface area contributed by atoms with Crippen molar-refractivity contribution in [2.24, 2.45) is 0 Å². The summed E-state index contributed by atoms with van der Waals surface area (Å²) in [6.07, 6.45) is -6.50. The number of ether oxygens (including phenoxy) is 1. The van der Waals surface area contributed by atoms with E-state index >= 15 is 0 Å². The molecule has 0 saturated heterocycles. The topological polar surface area (TPSA) is 49.8 Å². The number of hydrogen-bond acceptors (Lipinski definition) is 3. The maximum atomic E-state index is 11.7. The lowest BCUT2D eigenvalue weighted by Crippen LogP contribution is -2.12. The highest BCUT2D eigenvalue weighted by molar-refractivity contribution is 5.85. The van der Waals surface area contributed by atoms with Crippen LogP contribution in [0.1, 0.15) is 47.8 Å². The van der Waals surface area contributed by atoms with Crippen molar-refractivity contribution in [1.29, 1.82) is 0 Å². The molecule has 1 aliphatic heterocycles. The first-order valence-corrected chi connectivity index (χ1v) is 7.11. The van der Waals surface area contributed by atoms with Crippen molar-refractivity contribution < 1.29 is 33.8 Å². The van der Waals surface area contributed by atoms with E-state index in [1.165, 1.54) is 14.1 Å². The Bertz CT molecular complexity index is 1420. The van der Waals surface area contributed by atoms with Gasteiger partial charge in [0.15, 0.2) is 0 Å². The van der Waals surface area contributed by atoms with E-state index in [2.05, 4.69) is 0 Å². The highest BCUT2D eigenvalue weighted by Crippen LogP contribution is 2.37. The number of hydrogen-bond donors (Lipinski definition) is 1. The fourth-order valence-electron chi connectivity index (χ4n) is 2.07. The van der Waals surface area contributed by atoms with Gasteiger partial charge in [0.2, 0.25) is 0 Å². The highest BCUT2D eigenvalue weighted by Gasteiger charge is 2.19. The molecule has 0 radical (unpaired) electrons. The van der Waals surface area contributed by atoms with E-state index in [9.17, 15) is 9.90 Å². The molecule has 3 rings (SSSR count). The zero-order valence-corrected chi connectivity index (χ0v) is 13.4. The van der Waals surface area contributed by atoms with Gasteiger partial charge in [-0.2, -0.15) is 0 Å². The van der Waals surface area contributed by atoms with Crippen LogP contribution in [0.15, 0.2) is 48.4 Å². The first-order chi connectivity index (χ1) is 17.5. The summed E-state index contributed by atoms with van der Waals surface area (Å²) in [4.78, 5) is 12.5. The molecule has 1 heterocycles. The zero-order chi connectivity index (χ0) is 30.2. The number of nitrogens with zero attached hydrogens (tertiary/aromatic N) is 1. The van der Waals surface area contributed by atoms with Gasteiger partial charge in [-0.1, -0.05) is 36.3 Å². The lowest BCUT2D eigenvalue weighted by atomic mass is 9.92. The SMILES string of the molecule is [2H]/C(=C1\c2c(ccc(C([2H])([2H])C(=O)O)c2[2H])OC([2H])([2H])c2c([2H])c([2H])c([2H])c([2H])c21)C([2H])([2H])C([2H])([2H])N(C)C. The van der Waals surface area contributed by atoms with Crippen LogP contribution in [0, 0.1) is 0 Å². The number of aliphatic carboxylic acids is 1. The third kappa shape index (κ3) is 4.09. The van der Waals surface area contributed by atoms with Crippen LogP contribution in [0.25, 0.3) is 5.57 Å². The van der Waals surface area contributed by atoms with Crippen LogP contribution in [0.2, 0.25) is 0 Å². The van der Waals surface area contributed by atoms with Crippen LogP contribution >= 0.6 is 0 Å². The third-order valence-corrected chi connectivity index (χ3v) is 3.07. The molecule has 25 heavy (non-hydrogen) atoms. The molecule has 0 bridgehead atoms. The van der Waals surface area contributed by atoms with Crippen molar-refractivity contribution in [3.8, 4) is 5.75 Å². The van der Waals surface area contributed by atoms with Gasteiger partial charge in [-0.3, -0.25) is 4.79 Å². The Kier molecular flexibility index (Phi) is 2.10. The lowest BCUT2D eigenvalue weighted by Gasteiger charge is -2.13. The molecule has 2 aromatic carbocycles. The van der Waals surface area contributed by atoms with Gasteiger partial charge in [-0.25, -0.2) is 0 Å². The molecule has 4 nitrogen and oxygen atoms in total. The van der Waals surface area contributed by atoms with Crippen LogP contribution in [-0.4, -0.2) is 36.6 Å². The van der Waals surface area contributed by atoms with E-state index in [1.807, 2.05) is 0 Å². The summed E-state index contributed by atoms with van der Waals surface area (Å²) in [6.45, 7) is -6.01. The maximum absolute atomic E-state index is 11.7. The quantitative estimate of drug-likeness (QED) is 0.894. The minimum Gasteiger partial charge on any atom is -0.488 e. The molecular formula is C21H23NO3. The summed E-state index contributed by atoms with van der Waals surface area (Å²) in [6, 6.07) is -4.27. The standard InChI is InChI=1S/C21H23NO3/c1-22(2)11-5-8-18-17-7-4-3-6-16(17)14-25-20-10-9-15(12-19(18)20)13-21(23)24/h3-4,6-10,12H,5,11,13-14H2,1-2H3,(H,23,24)/b18-8+/i3D,4D,5D2,6D,7D,8D,11D2,12D,13D2,14D2. The first-order valence-electron chi connectivity index (χ1n) is 14.1. The van der Waals surface area contributed by atoms with Crippen LogP contribution < -0.4 is 4.74 Å². The molecular weight excluding hydrogens is 314 g/mol. The van der Waals surface area contributed by atoms with Gasteiger partial charge in [-0.15, -0.1) is 0 Å². The first kappa shape index (κ1) is 6.96. The molecule has 0 fully saturated rings. The van der Waals surface area contributed by atoms with Crippen molar-refractivity contribution >= 4 is 11.5 Å². The predicted molar refractivity (Wildman–Crippen MR) is 98.8 cm³/mol. The van der Waals surface area contributed by atoms with Crippen LogP contribution in [0.3, 0.4) is 0 Å². The van der Waals surface area contributed by atoms with Crippen molar-refractivity contribution in [2.45, 2.75) is 19.3 Å². The van der Waals surface area contributed by atoms with E-state index in [1.54, 1.807) is 0 Å². The molecule has 1 N–H and O–H groups in total. The van der Waals surface area contributed by atoms with Gasteiger partial charge in [0.1, 0.15) is 12.3 Å². The maximum Gasteiger partial charge on any atom is 0.307 e. The minimum absolute atomic E-state index is 0.621. The third-order valence-electron chi connectivity index (χ3n) is 3.07. The van der Waals surface area contributed by atoms with Gasteiger partial charge in [0.05, 0.1) is 17.3 Å². The fraction of sp³-hybridized carbons (Fsp3) is 0.286. The molecule has 4 heteroatoms. The molecule has 0 aliphatic carbocycles. The number of carboxylic acids is 1.